The van der Waals surface area contributed by atoms with Gasteiger partial charge in [-0.3, -0.25) is 9.59 Å². The van der Waals surface area contributed by atoms with E-state index < -0.39 is 12.0 Å². The highest BCUT2D eigenvalue weighted by atomic mass is 16.5. The molecule has 2 bridgehead atoms. The second kappa shape index (κ2) is 6.10. The number of amides is 1. The van der Waals surface area contributed by atoms with Crippen LogP contribution < -0.4 is 5.32 Å². The minimum atomic E-state index is -0.830. The second-order valence-electron chi connectivity index (χ2n) is 6.58. The quantitative estimate of drug-likeness (QED) is 0.846. The third kappa shape index (κ3) is 3.31. The summed E-state index contributed by atoms with van der Waals surface area (Å²) in [7, 11) is 0. The summed E-state index contributed by atoms with van der Waals surface area (Å²) >= 11 is 0. The Morgan fingerprint density at radius 3 is 2.86 bits per heavy atom. The first kappa shape index (κ1) is 15.1. The van der Waals surface area contributed by atoms with Crippen LogP contribution in [-0.2, 0) is 14.3 Å². The third-order valence-electron chi connectivity index (χ3n) is 4.87. The molecule has 2 fully saturated rings. The van der Waals surface area contributed by atoms with Crippen LogP contribution in [0.2, 0.25) is 0 Å². The molecule has 0 radical (unpaired) electrons. The zero-order valence-electron chi connectivity index (χ0n) is 13.0. The molecule has 3 rings (SSSR count). The van der Waals surface area contributed by atoms with Crippen LogP contribution in [0, 0.1) is 24.7 Å². The molecule has 0 spiro atoms. The van der Waals surface area contributed by atoms with E-state index in [9.17, 15) is 9.59 Å². The van der Waals surface area contributed by atoms with Crippen LogP contribution in [0.5, 0.6) is 0 Å². The van der Waals surface area contributed by atoms with Gasteiger partial charge in [0.1, 0.15) is 5.76 Å². The highest BCUT2D eigenvalue weighted by Gasteiger charge is 2.40. The second-order valence-corrected chi connectivity index (χ2v) is 6.58. The molecule has 2 saturated carbocycles. The normalized spacial score (nSPS) is 27.6. The number of nitrogens with one attached hydrogen (secondary N) is 1. The number of carbonyl (C=O) groups is 2. The van der Waals surface area contributed by atoms with Crippen molar-refractivity contribution in [3.8, 4) is 0 Å². The fraction of sp³-hybridized carbons (Fsp3) is 0.688. The summed E-state index contributed by atoms with van der Waals surface area (Å²) < 4.78 is 10.1. The first-order chi connectivity index (χ1) is 10.5. The van der Waals surface area contributed by atoms with E-state index in [4.69, 9.17) is 9.26 Å². The van der Waals surface area contributed by atoms with Gasteiger partial charge >= 0.3 is 5.97 Å². The molecule has 4 atom stereocenters. The fourth-order valence-corrected chi connectivity index (χ4v) is 3.79. The van der Waals surface area contributed by atoms with Gasteiger partial charge in [0, 0.05) is 12.5 Å². The third-order valence-corrected chi connectivity index (χ3v) is 4.87. The molecule has 1 amide bonds. The van der Waals surface area contributed by atoms with E-state index in [0.29, 0.717) is 29.8 Å². The molecule has 2 aliphatic carbocycles. The number of hydrogen-bond acceptors (Lipinski definition) is 5. The molecule has 22 heavy (non-hydrogen) atoms. The lowest BCUT2D eigenvalue weighted by molar-refractivity contribution is -0.154. The zero-order valence-corrected chi connectivity index (χ0v) is 13.0. The number of fused-ring (bicyclic) bond motifs is 2. The van der Waals surface area contributed by atoms with E-state index >= 15 is 0 Å². The average Bonchev–Trinajstić information content (AvgIpc) is 3.15. The van der Waals surface area contributed by atoms with Gasteiger partial charge < -0.3 is 14.6 Å². The first-order valence-electron chi connectivity index (χ1n) is 7.95. The summed E-state index contributed by atoms with van der Waals surface area (Å²) in [6.07, 6.45) is 4.55. The van der Waals surface area contributed by atoms with Gasteiger partial charge in [-0.1, -0.05) is 11.6 Å². The molecule has 0 saturated heterocycles. The molecular formula is C16H22N2O4. The molecule has 6 nitrogen and oxygen atoms in total. The van der Waals surface area contributed by atoms with E-state index in [0.717, 1.165) is 12.3 Å². The lowest BCUT2D eigenvalue weighted by atomic mass is 9.86. The van der Waals surface area contributed by atoms with Crippen LogP contribution in [0.1, 0.15) is 44.8 Å². The van der Waals surface area contributed by atoms with Gasteiger partial charge in [0.2, 0.25) is 0 Å². The van der Waals surface area contributed by atoms with Crippen LogP contribution in [0.25, 0.3) is 0 Å². The highest BCUT2D eigenvalue weighted by Crippen LogP contribution is 2.49. The van der Waals surface area contributed by atoms with Gasteiger partial charge in [-0.25, -0.2) is 0 Å². The Morgan fingerprint density at radius 2 is 2.27 bits per heavy atom. The van der Waals surface area contributed by atoms with Crippen LogP contribution >= 0.6 is 0 Å². The Bertz CT molecular complexity index is 568. The predicted molar refractivity (Wildman–Crippen MR) is 79.0 cm³/mol. The molecule has 1 heterocycles. The summed E-state index contributed by atoms with van der Waals surface area (Å²) in [6, 6.07) is 1.61. The maximum Gasteiger partial charge on any atom is 0.306 e. The van der Waals surface area contributed by atoms with Crippen molar-refractivity contribution in [2.45, 2.75) is 52.1 Å². The van der Waals surface area contributed by atoms with Gasteiger partial charge in [-0.15, -0.1) is 0 Å². The number of rotatable bonds is 5. The SMILES string of the molecule is Cc1cc(NC(=O)C(C)OC(=O)CC2CC3CCC2C3)no1. The topological polar surface area (TPSA) is 81.4 Å². The highest BCUT2D eigenvalue weighted by molar-refractivity contribution is 5.94. The minimum absolute atomic E-state index is 0.281. The fourth-order valence-electron chi connectivity index (χ4n) is 3.79. The molecule has 1 aromatic rings. The number of aromatic nitrogens is 1. The lowest BCUT2D eigenvalue weighted by Gasteiger charge is -2.21. The van der Waals surface area contributed by atoms with E-state index in [1.165, 1.54) is 19.3 Å². The van der Waals surface area contributed by atoms with Gasteiger partial charge in [0.15, 0.2) is 11.9 Å². The largest absolute Gasteiger partial charge is 0.453 e. The Kier molecular flexibility index (Phi) is 4.18. The average molecular weight is 306 g/mol. The summed E-state index contributed by atoms with van der Waals surface area (Å²) in [5.41, 5.74) is 0. The van der Waals surface area contributed by atoms with Crippen LogP contribution in [-0.4, -0.2) is 23.1 Å². The number of hydrogen-bond donors (Lipinski definition) is 1. The van der Waals surface area contributed by atoms with Gasteiger partial charge in [0.05, 0.1) is 0 Å². The monoisotopic (exact) mass is 306 g/mol. The molecule has 0 aromatic carbocycles. The van der Waals surface area contributed by atoms with Crippen molar-refractivity contribution in [1.82, 2.24) is 5.16 Å². The summed E-state index contributed by atoms with van der Waals surface area (Å²) in [5, 5.41) is 6.25. The van der Waals surface area contributed by atoms with E-state index in [1.54, 1.807) is 19.9 Å². The molecule has 120 valence electrons. The summed E-state index contributed by atoms with van der Waals surface area (Å²) in [5.74, 6) is 2.19. The number of ether oxygens (including phenoxy) is 1. The van der Waals surface area contributed by atoms with Crippen molar-refractivity contribution in [3.05, 3.63) is 11.8 Å². The summed E-state index contributed by atoms with van der Waals surface area (Å²) in [6.45, 7) is 3.31. The zero-order chi connectivity index (χ0) is 15.7. The Morgan fingerprint density at radius 1 is 1.45 bits per heavy atom. The van der Waals surface area contributed by atoms with Crippen LogP contribution in [0.3, 0.4) is 0 Å². The molecule has 1 aromatic heterocycles. The molecule has 2 aliphatic rings. The Labute approximate surface area is 129 Å². The molecule has 1 N–H and O–H groups in total. The first-order valence-corrected chi connectivity index (χ1v) is 7.95. The van der Waals surface area contributed by atoms with Crippen molar-refractivity contribution in [2.24, 2.45) is 17.8 Å². The number of carbonyl (C=O) groups excluding carboxylic acids is 2. The van der Waals surface area contributed by atoms with Gasteiger partial charge in [0.25, 0.3) is 5.91 Å². The van der Waals surface area contributed by atoms with E-state index in [1.807, 2.05) is 0 Å². The maximum atomic E-state index is 12.0. The number of esters is 1. The maximum absolute atomic E-state index is 12.0. The Hall–Kier alpha value is -1.85. The van der Waals surface area contributed by atoms with Crippen molar-refractivity contribution < 1.29 is 18.8 Å². The number of anilines is 1. The molecule has 4 unspecified atom stereocenters. The van der Waals surface area contributed by atoms with E-state index in [-0.39, 0.29) is 5.97 Å². The van der Waals surface area contributed by atoms with Crippen molar-refractivity contribution in [3.63, 3.8) is 0 Å². The molecular weight excluding hydrogens is 284 g/mol. The number of nitrogens with zero attached hydrogens (tertiary/aromatic N) is 1. The van der Waals surface area contributed by atoms with E-state index in [2.05, 4.69) is 10.5 Å². The predicted octanol–water partition coefficient (Wildman–Crippen LogP) is 2.68. The van der Waals surface area contributed by atoms with Gasteiger partial charge in [-0.2, -0.15) is 0 Å². The molecule has 6 heteroatoms. The van der Waals surface area contributed by atoms with Crippen LogP contribution in [0.4, 0.5) is 5.82 Å². The van der Waals surface area contributed by atoms with Gasteiger partial charge in [-0.05, 0) is 50.9 Å². The summed E-state index contributed by atoms with van der Waals surface area (Å²) in [4.78, 5) is 24.0. The van der Waals surface area contributed by atoms with Crippen molar-refractivity contribution in [2.75, 3.05) is 5.32 Å². The molecule has 0 aliphatic heterocycles. The van der Waals surface area contributed by atoms with Crippen molar-refractivity contribution >= 4 is 17.7 Å². The smallest absolute Gasteiger partial charge is 0.306 e. The van der Waals surface area contributed by atoms with Crippen molar-refractivity contribution in [1.29, 1.82) is 0 Å². The minimum Gasteiger partial charge on any atom is -0.453 e. The number of aryl methyl sites for hydroxylation is 1. The lowest BCUT2D eigenvalue weighted by Crippen LogP contribution is -2.31. The standard InChI is InChI=1S/C16H22N2O4/c1-9-5-14(18-22-9)17-16(20)10(2)21-15(19)8-13-7-11-3-4-12(13)6-11/h5,10-13H,3-4,6-8H2,1-2H3,(H,17,18,20). The Balaban J connectivity index is 1.45. The van der Waals surface area contributed by atoms with Crippen LogP contribution in [0.15, 0.2) is 10.6 Å².